The number of amides is 1. The lowest BCUT2D eigenvalue weighted by atomic mass is 9.97. The minimum Gasteiger partial charge on any atom is -0.612 e. The van der Waals surface area contributed by atoms with Gasteiger partial charge in [0, 0.05) is 30.8 Å². The van der Waals surface area contributed by atoms with Gasteiger partial charge in [0.15, 0.2) is 15.9 Å². The van der Waals surface area contributed by atoms with E-state index < -0.39 is 11.2 Å². The first kappa shape index (κ1) is 23.9. The van der Waals surface area contributed by atoms with Crippen LogP contribution in [0.15, 0.2) is 62.0 Å². The first-order valence-corrected chi connectivity index (χ1v) is 13.4. The van der Waals surface area contributed by atoms with Crippen molar-refractivity contribution in [2.45, 2.75) is 40.7 Å². The van der Waals surface area contributed by atoms with Crippen LogP contribution in [0.25, 0.3) is 11.3 Å². The number of halogens is 1. The van der Waals surface area contributed by atoms with Crippen LogP contribution in [0.1, 0.15) is 31.6 Å². The normalized spacial score (nSPS) is 15.5. The molecule has 174 valence electrons. The molecular formula is C23H24ClN3O4S2. The van der Waals surface area contributed by atoms with E-state index in [-0.39, 0.29) is 12.0 Å². The number of carbonyl (C=O) groups excluding carboxylic acids is 1. The third-order valence-corrected chi connectivity index (χ3v) is 7.41. The highest BCUT2D eigenvalue weighted by atomic mass is 35.5. The van der Waals surface area contributed by atoms with E-state index in [4.69, 9.17) is 25.7 Å². The maximum Gasteiger partial charge on any atom is 0.409 e. The number of hydrogen-bond acceptors (Lipinski definition) is 7. The molecule has 2 aromatic heterocycles. The molecular weight excluding hydrogens is 482 g/mol. The average Bonchev–Trinajstić information content (AvgIpc) is 3.24. The van der Waals surface area contributed by atoms with Crippen LogP contribution < -0.4 is 0 Å². The molecule has 1 aliphatic heterocycles. The van der Waals surface area contributed by atoms with Crippen molar-refractivity contribution in [2.75, 3.05) is 26.0 Å². The SMILES string of the molecule is CCOC(=O)N1CCC(c2nc(-c3ccc([S+](C)[O-])cc3)c(Sc3ccc(Cl)cn3)o2)CC1. The van der Waals surface area contributed by atoms with Gasteiger partial charge in [0.25, 0.3) is 0 Å². The van der Waals surface area contributed by atoms with Gasteiger partial charge in [-0.1, -0.05) is 11.6 Å². The van der Waals surface area contributed by atoms with Gasteiger partial charge in [0.2, 0.25) is 0 Å². The second-order valence-corrected chi connectivity index (χ2v) is 10.4. The monoisotopic (exact) mass is 505 g/mol. The van der Waals surface area contributed by atoms with Gasteiger partial charge in [-0.2, -0.15) is 0 Å². The van der Waals surface area contributed by atoms with Crippen LogP contribution in [0.5, 0.6) is 0 Å². The third-order valence-electron chi connectivity index (χ3n) is 5.34. The smallest absolute Gasteiger partial charge is 0.409 e. The van der Waals surface area contributed by atoms with Gasteiger partial charge in [-0.3, -0.25) is 0 Å². The van der Waals surface area contributed by atoms with E-state index in [2.05, 4.69) is 4.98 Å². The molecule has 7 nitrogen and oxygen atoms in total. The number of hydrogen-bond donors (Lipinski definition) is 0. The van der Waals surface area contributed by atoms with Crippen LogP contribution in [-0.2, 0) is 15.9 Å². The lowest BCUT2D eigenvalue weighted by molar-refractivity contribution is 0.0951. The Labute approximate surface area is 205 Å². The molecule has 33 heavy (non-hydrogen) atoms. The molecule has 0 saturated carbocycles. The van der Waals surface area contributed by atoms with Crippen molar-refractivity contribution in [2.24, 2.45) is 0 Å². The molecule has 3 aromatic rings. The number of ether oxygens (including phenoxy) is 1. The first-order valence-electron chi connectivity index (χ1n) is 10.6. The van der Waals surface area contributed by atoms with Crippen molar-refractivity contribution >= 4 is 40.6 Å². The Bertz CT molecular complexity index is 1080. The van der Waals surface area contributed by atoms with Crippen molar-refractivity contribution in [1.82, 2.24) is 14.9 Å². The predicted molar refractivity (Wildman–Crippen MR) is 128 cm³/mol. The van der Waals surface area contributed by atoms with E-state index >= 15 is 0 Å². The molecule has 0 N–H and O–H groups in total. The Morgan fingerprint density at radius 2 is 2.00 bits per heavy atom. The number of rotatable bonds is 6. The van der Waals surface area contributed by atoms with Crippen LogP contribution in [0.4, 0.5) is 4.79 Å². The molecule has 10 heteroatoms. The van der Waals surface area contributed by atoms with Crippen LogP contribution >= 0.6 is 23.4 Å². The molecule has 0 radical (unpaired) electrons. The summed E-state index contributed by atoms with van der Waals surface area (Å²) in [5.74, 6) is 0.748. The van der Waals surface area contributed by atoms with Crippen LogP contribution in [-0.4, -0.2) is 51.5 Å². The highest BCUT2D eigenvalue weighted by molar-refractivity contribution is 7.99. The number of likely N-dealkylation sites (tertiary alicyclic amines) is 1. The summed E-state index contributed by atoms with van der Waals surface area (Å²) in [6.45, 7) is 3.36. The summed E-state index contributed by atoms with van der Waals surface area (Å²) in [4.78, 5) is 23.7. The molecule has 0 spiro atoms. The average molecular weight is 506 g/mol. The van der Waals surface area contributed by atoms with Gasteiger partial charge in [0.05, 0.1) is 11.6 Å². The van der Waals surface area contributed by atoms with Gasteiger partial charge in [0.1, 0.15) is 17.0 Å². The molecule has 1 aliphatic rings. The summed E-state index contributed by atoms with van der Waals surface area (Å²) >= 11 is 6.30. The molecule has 1 saturated heterocycles. The van der Waals surface area contributed by atoms with Gasteiger partial charge < -0.3 is 18.6 Å². The van der Waals surface area contributed by atoms with Crippen LogP contribution in [0.3, 0.4) is 0 Å². The highest BCUT2D eigenvalue weighted by Crippen LogP contribution is 2.39. The lowest BCUT2D eigenvalue weighted by Gasteiger charge is -2.29. The number of benzene rings is 1. The molecule has 1 amide bonds. The minimum absolute atomic E-state index is 0.101. The molecule has 3 heterocycles. The van der Waals surface area contributed by atoms with E-state index in [1.165, 1.54) is 11.8 Å². The van der Waals surface area contributed by atoms with E-state index in [0.717, 1.165) is 28.3 Å². The Morgan fingerprint density at radius 1 is 1.27 bits per heavy atom. The largest absolute Gasteiger partial charge is 0.612 e. The molecule has 1 unspecified atom stereocenters. The Hall–Kier alpha value is -2.20. The summed E-state index contributed by atoms with van der Waals surface area (Å²) in [7, 11) is 0. The van der Waals surface area contributed by atoms with Gasteiger partial charge in [-0.25, -0.2) is 14.8 Å². The number of aromatic nitrogens is 2. The number of pyridine rings is 1. The maximum absolute atomic E-state index is 12.0. The van der Waals surface area contributed by atoms with E-state index in [0.29, 0.717) is 41.4 Å². The molecule has 1 fully saturated rings. The van der Waals surface area contributed by atoms with Gasteiger partial charge >= 0.3 is 6.09 Å². The Kier molecular flexibility index (Phi) is 7.85. The summed E-state index contributed by atoms with van der Waals surface area (Å²) < 4.78 is 23.1. The molecule has 0 aliphatic carbocycles. The fraction of sp³-hybridized carbons (Fsp3) is 0.348. The van der Waals surface area contributed by atoms with Crippen LogP contribution in [0, 0.1) is 0 Å². The minimum atomic E-state index is -1.05. The predicted octanol–water partition coefficient (Wildman–Crippen LogP) is 5.61. The van der Waals surface area contributed by atoms with Gasteiger partial charge in [-0.05, 0) is 79.1 Å². The van der Waals surface area contributed by atoms with Crippen molar-refractivity contribution in [1.29, 1.82) is 0 Å². The van der Waals surface area contributed by atoms with Crippen LogP contribution in [0.2, 0.25) is 5.02 Å². The molecule has 1 atom stereocenters. The van der Waals surface area contributed by atoms with E-state index in [9.17, 15) is 9.35 Å². The van der Waals surface area contributed by atoms with Crippen molar-refractivity contribution in [3.8, 4) is 11.3 Å². The number of carbonyl (C=O) groups is 1. The second-order valence-electron chi connectivity index (χ2n) is 7.54. The second kappa shape index (κ2) is 10.8. The van der Waals surface area contributed by atoms with E-state index in [1.54, 1.807) is 30.3 Å². The summed E-state index contributed by atoms with van der Waals surface area (Å²) in [6.07, 6.45) is 4.46. The topological polar surface area (TPSA) is 91.5 Å². The fourth-order valence-electron chi connectivity index (χ4n) is 3.59. The zero-order chi connectivity index (χ0) is 23.4. The first-order chi connectivity index (χ1) is 15.9. The highest BCUT2D eigenvalue weighted by Gasteiger charge is 2.29. The zero-order valence-corrected chi connectivity index (χ0v) is 20.7. The Morgan fingerprint density at radius 3 is 2.61 bits per heavy atom. The van der Waals surface area contributed by atoms with E-state index in [1.807, 2.05) is 30.3 Å². The fourth-order valence-corrected chi connectivity index (χ4v) is 5.04. The Balaban J connectivity index is 1.59. The van der Waals surface area contributed by atoms with Crippen molar-refractivity contribution in [3.63, 3.8) is 0 Å². The molecule has 1 aromatic carbocycles. The summed E-state index contributed by atoms with van der Waals surface area (Å²) in [5, 5.41) is 1.94. The standard InChI is InChI=1S/C23H24ClN3O4S2/c1-3-30-23(28)27-12-10-16(11-13-27)21-26-20(15-4-7-18(8-5-15)33(2)29)22(31-21)32-19-9-6-17(24)14-25-19/h4-9,14,16H,3,10-13H2,1-2H3. The summed E-state index contributed by atoms with van der Waals surface area (Å²) in [5.41, 5.74) is 1.59. The van der Waals surface area contributed by atoms with Crippen molar-refractivity contribution in [3.05, 3.63) is 53.5 Å². The zero-order valence-electron chi connectivity index (χ0n) is 18.3. The maximum atomic E-state index is 12.0. The molecule has 0 bridgehead atoms. The summed E-state index contributed by atoms with van der Waals surface area (Å²) in [6, 6.07) is 11.1. The van der Waals surface area contributed by atoms with Gasteiger partial charge in [-0.15, -0.1) is 0 Å². The molecule has 4 rings (SSSR count). The van der Waals surface area contributed by atoms with Crippen molar-refractivity contribution < 1.29 is 18.5 Å². The third kappa shape index (κ3) is 5.84. The quantitative estimate of drug-likeness (QED) is 0.402. The number of oxazole rings is 1. The number of nitrogens with zero attached hydrogens (tertiary/aromatic N) is 3. The number of piperidine rings is 1. The lowest BCUT2D eigenvalue weighted by Crippen LogP contribution is -2.38.